The van der Waals surface area contributed by atoms with Crippen molar-refractivity contribution in [3.8, 4) is 22.6 Å². The molecule has 4 rings (SSSR count). The van der Waals surface area contributed by atoms with Crippen molar-refractivity contribution in [1.29, 1.82) is 0 Å². The van der Waals surface area contributed by atoms with Gasteiger partial charge in [0.1, 0.15) is 17.8 Å². The third-order valence-corrected chi connectivity index (χ3v) is 5.24. The van der Waals surface area contributed by atoms with Crippen LogP contribution in [0.5, 0.6) is 11.5 Å². The van der Waals surface area contributed by atoms with Gasteiger partial charge in [-0.3, -0.25) is 9.59 Å². The van der Waals surface area contributed by atoms with E-state index >= 15 is 0 Å². The Hall–Kier alpha value is -3.75. The number of ether oxygens (including phenoxy) is 1. The Labute approximate surface area is 180 Å². The number of aryl methyl sites for hydroxylation is 3. The lowest BCUT2D eigenvalue weighted by Crippen LogP contribution is -2.27. The van der Waals surface area contributed by atoms with Crippen LogP contribution in [0.4, 0.5) is 13.2 Å². The minimum absolute atomic E-state index is 0.0763. The van der Waals surface area contributed by atoms with Crippen LogP contribution in [0.2, 0.25) is 0 Å². The zero-order valence-electron chi connectivity index (χ0n) is 17.6. The number of para-hydroxylation sites is 1. The molecule has 0 bridgehead atoms. The molecule has 0 amide bonds. The molecule has 1 N–H and O–H groups in total. The molecular weight excluding hydrogens is 423 g/mol. The van der Waals surface area contributed by atoms with Crippen LogP contribution in [0.3, 0.4) is 0 Å². The molecule has 0 saturated heterocycles. The summed E-state index contributed by atoms with van der Waals surface area (Å²) in [6.07, 6.45) is -0.377. The topological polar surface area (TPSA) is 69.0 Å². The summed E-state index contributed by atoms with van der Waals surface area (Å²) in [6, 6.07) is 8.28. The summed E-state index contributed by atoms with van der Waals surface area (Å²) in [5.74, 6) is 0.563. The Morgan fingerprint density at radius 2 is 1.72 bits per heavy atom. The van der Waals surface area contributed by atoms with Crippen LogP contribution in [0, 0.1) is 13.8 Å². The Kier molecular flexibility index (Phi) is 5.20. The van der Waals surface area contributed by atoms with Crippen molar-refractivity contribution in [3.63, 3.8) is 0 Å². The molecule has 0 aliphatic heterocycles. The number of aromatic amines is 1. The van der Waals surface area contributed by atoms with Gasteiger partial charge in [0.05, 0.1) is 6.20 Å². The molecule has 0 radical (unpaired) electrons. The number of pyridine rings is 2. The molecule has 32 heavy (non-hydrogen) atoms. The zero-order chi connectivity index (χ0) is 23.2. The Balaban J connectivity index is 2.00. The Morgan fingerprint density at radius 3 is 2.38 bits per heavy atom. The lowest BCUT2D eigenvalue weighted by Gasteiger charge is -2.18. The van der Waals surface area contributed by atoms with Crippen LogP contribution in [-0.2, 0) is 13.6 Å². The van der Waals surface area contributed by atoms with E-state index in [1.807, 2.05) is 32.0 Å². The second kappa shape index (κ2) is 7.74. The van der Waals surface area contributed by atoms with Crippen molar-refractivity contribution in [1.82, 2.24) is 14.1 Å². The van der Waals surface area contributed by atoms with E-state index in [2.05, 4.69) is 4.98 Å². The SMILES string of the molecule is Cc1cccc(C)c1Oc1cn(CC(F)(F)F)c(=O)cc1-c1cn(C)c(=O)c2[nH]ccc12. The molecule has 0 spiro atoms. The van der Waals surface area contributed by atoms with Crippen LogP contribution >= 0.6 is 0 Å². The number of rotatable bonds is 4. The van der Waals surface area contributed by atoms with Gasteiger partial charge in [0.15, 0.2) is 5.75 Å². The van der Waals surface area contributed by atoms with Crippen molar-refractivity contribution in [3.05, 3.63) is 80.8 Å². The van der Waals surface area contributed by atoms with Crippen molar-refractivity contribution in [2.75, 3.05) is 0 Å². The van der Waals surface area contributed by atoms with Crippen molar-refractivity contribution in [2.45, 2.75) is 26.6 Å². The maximum atomic E-state index is 13.1. The smallest absolute Gasteiger partial charge is 0.406 e. The monoisotopic (exact) mass is 443 g/mol. The third-order valence-electron chi connectivity index (χ3n) is 5.24. The number of H-pyrrole nitrogens is 1. The van der Waals surface area contributed by atoms with Crippen molar-refractivity contribution >= 4 is 10.9 Å². The van der Waals surface area contributed by atoms with Gasteiger partial charge in [-0.15, -0.1) is 0 Å². The quantitative estimate of drug-likeness (QED) is 0.499. The first kappa shape index (κ1) is 21.5. The number of alkyl halides is 3. The fourth-order valence-corrected chi connectivity index (χ4v) is 3.71. The van der Waals surface area contributed by atoms with Crippen LogP contribution in [0.15, 0.2) is 58.5 Å². The number of hydrogen-bond donors (Lipinski definition) is 1. The predicted octanol–water partition coefficient (Wildman–Crippen LogP) is 4.67. The van der Waals surface area contributed by atoms with Gasteiger partial charge in [-0.1, -0.05) is 18.2 Å². The van der Waals surface area contributed by atoms with Crippen LogP contribution < -0.4 is 15.9 Å². The van der Waals surface area contributed by atoms with Gasteiger partial charge in [-0.2, -0.15) is 13.2 Å². The number of aromatic nitrogens is 3. The average Bonchev–Trinajstić information content (AvgIpc) is 3.19. The standard InChI is InChI=1S/C23H20F3N3O3/c1-13-5-4-6-14(2)21(13)32-18-11-29(12-23(24,25)26)19(30)9-16(18)17-10-28(3)22(31)20-15(17)7-8-27-20/h4-11,27H,12H2,1-3H3. The largest absolute Gasteiger partial charge is 0.455 e. The molecule has 9 heteroatoms. The molecule has 0 aliphatic carbocycles. The summed E-state index contributed by atoms with van der Waals surface area (Å²) in [4.78, 5) is 27.9. The summed E-state index contributed by atoms with van der Waals surface area (Å²) in [6.45, 7) is 2.21. The summed E-state index contributed by atoms with van der Waals surface area (Å²) in [5.41, 5.74) is 1.58. The van der Waals surface area contributed by atoms with Gasteiger partial charge in [-0.25, -0.2) is 0 Å². The highest BCUT2D eigenvalue weighted by Crippen LogP contribution is 2.37. The number of nitrogens with one attached hydrogen (secondary N) is 1. The normalized spacial score (nSPS) is 11.8. The molecule has 0 saturated carbocycles. The molecular formula is C23H20F3N3O3. The van der Waals surface area contributed by atoms with Crippen LogP contribution in [0.1, 0.15) is 11.1 Å². The summed E-state index contributed by atoms with van der Waals surface area (Å²) in [5, 5.41) is 0.535. The van der Waals surface area contributed by atoms with E-state index in [4.69, 9.17) is 4.74 Å². The molecule has 0 unspecified atom stereocenters. The first-order valence-corrected chi connectivity index (χ1v) is 9.77. The molecule has 3 heterocycles. The average molecular weight is 443 g/mol. The minimum Gasteiger partial charge on any atom is -0.455 e. The molecule has 0 fully saturated rings. The second-order valence-corrected chi connectivity index (χ2v) is 7.68. The predicted molar refractivity (Wildman–Crippen MR) is 115 cm³/mol. The third kappa shape index (κ3) is 3.93. The van der Waals surface area contributed by atoms with E-state index in [0.717, 1.165) is 23.4 Å². The summed E-state index contributed by atoms with van der Waals surface area (Å²) < 4.78 is 47.2. The van der Waals surface area contributed by atoms with E-state index in [1.165, 1.54) is 4.57 Å². The fraction of sp³-hybridized carbons (Fsp3) is 0.217. The van der Waals surface area contributed by atoms with Gasteiger partial charge in [0.2, 0.25) is 0 Å². The molecule has 1 aromatic carbocycles. The maximum Gasteiger partial charge on any atom is 0.406 e. The fourth-order valence-electron chi connectivity index (χ4n) is 3.71. The van der Waals surface area contributed by atoms with E-state index in [9.17, 15) is 22.8 Å². The molecule has 3 aromatic heterocycles. The van der Waals surface area contributed by atoms with Gasteiger partial charge in [-0.05, 0) is 31.0 Å². The van der Waals surface area contributed by atoms with E-state index < -0.39 is 18.3 Å². The van der Waals surface area contributed by atoms with E-state index in [0.29, 0.717) is 26.8 Å². The summed E-state index contributed by atoms with van der Waals surface area (Å²) >= 11 is 0. The lowest BCUT2D eigenvalue weighted by molar-refractivity contribution is -0.141. The maximum absolute atomic E-state index is 13.1. The van der Waals surface area contributed by atoms with E-state index in [1.54, 1.807) is 25.5 Å². The zero-order valence-corrected chi connectivity index (χ0v) is 17.6. The van der Waals surface area contributed by atoms with Gasteiger partial charge in [0.25, 0.3) is 11.1 Å². The molecule has 166 valence electrons. The highest BCUT2D eigenvalue weighted by molar-refractivity contribution is 5.95. The molecule has 0 aliphatic rings. The highest BCUT2D eigenvalue weighted by atomic mass is 19.4. The first-order valence-electron chi connectivity index (χ1n) is 9.77. The second-order valence-electron chi connectivity index (χ2n) is 7.68. The van der Waals surface area contributed by atoms with Gasteiger partial charge in [0, 0.05) is 42.0 Å². The van der Waals surface area contributed by atoms with Crippen molar-refractivity contribution < 1.29 is 17.9 Å². The molecule has 4 aromatic rings. The van der Waals surface area contributed by atoms with Gasteiger partial charge >= 0.3 is 6.18 Å². The first-order chi connectivity index (χ1) is 15.0. The lowest BCUT2D eigenvalue weighted by atomic mass is 10.0. The van der Waals surface area contributed by atoms with Gasteiger partial charge < -0.3 is 18.9 Å². The number of nitrogens with zero attached hydrogens (tertiary/aromatic N) is 2. The minimum atomic E-state index is -4.58. The number of benzene rings is 1. The Bertz CT molecular complexity index is 1420. The van der Waals surface area contributed by atoms with E-state index in [-0.39, 0.29) is 16.9 Å². The molecule has 6 nitrogen and oxygen atoms in total. The molecule has 0 atom stereocenters. The Morgan fingerprint density at radius 1 is 1.03 bits per heavy atom. The summed E-state index contributed by atoms with van der Waals surface area (Å²) in [7, 11) is 1.56. The number of hydrogen-bond acceptors (Lipinski definition) is 3. The highest BCUT2D eigenvalue weighted by Gasteiger charge is 2.29. The van der Waals surface area contributed by atoms with Crippen LogP contribution in [-0.4, -0.2) is 20.3 Å². The van der Waals surface area contributed by atoms with Crippen molar-refractivity contribution in [2.24, 2.45) is 7.05 Å². The van der Waals surface area contributed by atoms with Crippen LogP contribution in [0.25, 0.3) is 22.0 Å². The number of fused-ring (bicyclic) bond motifs is 1. The number of halogens is 3.